The number of hydrogen-bond acceptors (Lipinski definition) is 8. The molecule has 2 saturated heterocycles. The number of aromatic amines is 1. The van der Waals surface area contributed by atoms with Crippen LogP contribution in [0.15, 0.2) is 30.3 Å². The van der Waals surface area contributed by atoms with E-state index in [4.69, 9.17) is 21.1 Å². The van der Waals surface area contributed by atoms with Crippen LogP contribution in [-0.2, 0) is 4.74 Å². The molecule has 2 fully saturated rings. The number of aromatic nitrogens is 3. The smallest absolute Gasteiger partial charge is 0.296 e. The van der Waals surface area contributed by atoms with Crippen molar-refractivity contribution in [3.05, 3.63) is 35.4 Å². The van der Waals surface area contributed by atoms with Crippen LogP contribution in [0.3, 0.4) is 0 Å². The van der Waals surface area contributed by atoms with Crippen LogP contribution in [-0.4, -0.2) is 81.0 Å². The second-order valence-electron chi connectivity index (χ2n) is 7.87. The van der Waals surface area contributed by atoms with Gasteiger partial charge in [-0.3, -0.25) is 0 Å². The predicted molar refractivity (Wildman–Crippen MR) is 114 cm³/mol. The Morgan fingerprint density at radius 2 is 2.03 bits per heavy atom. The first-order valence-electron chi connectivity index (χ1n) is 10.2. The largest absolute Gasteiger partial charge is 0.456 e. The van der Waals surface area contributed by atoms with Crippen molar-refractivity contribution in [2.75, 3.05) is 31.2 Å². The number of nitrogens with zero attached hydrogens (tertiary/aromatic N) is 3. The molecule has 2 aliphatic rings. The summed E-state index contributed by atoms with van der Waals surface area (Å²) in [5.74, 6) is 0. The molecule has 5 rings (SSSR count). The second-order valence-corrected chi connectivity index (χ2v) is 8.28. The summed E-state index contributed by atoms with van der Waals surface area (Å²) < 4.78 is 11.0. The topological polar surface area (TPSA) is 124 Å². The van der Waals surface area contributed by atoms with Crippen molar-refractivity contribution < 1.29 is 24.8 Å². The Bertz CT molecular complexity index is 1080. The molecule has 4 heterocycles. The Hall–Kier alpha value is -2.43. The second kappa shape index (κ2) is 8.25. The number of nitrogens with one attached hydrogen (secondary N) is 1. The van der Waals surface area contributed by atoms with E-state index >= 15 is 0 Å². The highest BCUT2D eigenvalue weighted by Gasteiger charge is 2.37. The number of H-pyrrole nitrogens is 1. The molecule has 9 nitrogen and oxygen atoms in total. The molecule has 31 heavy (non-hydrogen) atoms. The fourth-order valence-electron chi connectivity index (χ4n) is 4.02. The number of aliphatic hydroxyl groups is 3. The molecule has 0 amide bonds. The zero-order chi connectivity index (χ0) is 21.5. The van der Waals surface area contributed by atoms with Gasteiger partial charge in [0.25, 0.3) is 6.01 Å². The summed E-state index contributed by atoms with van der Waals surface area (Å²) >= 11 is 6.48. The first kappa shape index (κ1) is 20.5. The molecule has 0 aliphatic carbocycles. The van der Waals surface area contributed by atoms with Crippen molar-refractivity contribution in [3.63, 3.8) is 0 Å². The molecule has 4 atom stereocenters. The maximum atomic E-state index is 10.1. The minimum Gasteiger partial charge on any atom is -0.456 e. The van der Waals surface area contributed by atoms with Crippen molar-refractivity contribution in [3.8, 4) is 17.3 Å². The number of pyridine rings is 1. The third-order valence-corrected chi connectivity index (χ3v) is 6.04. The molecule has 0 unspecified atom stereocenters. The number of fused-ring (bicyclic) bond motifs is 1. The molecular weight excluding hydrogens is 424 g/mol. The number of halogens is 1. The third kappa shape index (κ3) is 3.95. The molecule has 4 N–H and O–H groups in total. The van der Waals surface area contributed by atoms with E-state index in [0.717, 1.165) is 24.2 Å². The Morgan fingerprint density at radius 1 is 1.23 bits per heavy atom. The van der Waals surface area contributed by atoms with Crippen LogP contribution >= 0.6 is 11.6 Å². The van der Waals surface area contributed by atoms with Gasteiger partial charge < -0.3 is 34.7 Å². The summed E-state index contributed by atoms with van der Waals surface area (Å²) in [5, 5.41) is 29.5. The lowest BCUT2D eigenvalue weighted by Crippen LogP contribution is -2.36. The van der Waals surface area contributed by atoms with Gasteiger partial charge in [0.2, 0.25) is 0 Å². The molecule has 3 aromatic rings. The summed E-state index contributed by atoms with van der Waals surface area (Å²) in [6.07, 6.45) is -1.74. The first-order valence-corrected chi connectivity index (χ1v) is 10.6. The van der Waals surface area contributed by atoms with Crippen molar-refractivity contribution in [2.24, 2.45) is 0 Å². The normalized spacial score (nSPS) is 26.1. The van der Waals surface area contributed by atoms with Crippen LogP contribution in [0.5, 0.6) is 6.01 Å². The Labute approximate surface area is 183 Å². The average Bonchev–Trinajstić information content (AvgIpc) is 3.46. The SMILES string of the molecule is OC[C@H]1OC[C@@H](Oc2nc3nc(-c4ccc(N5CC[C@@H](O)C5)cc4)c(Cl)cc3[nH]2)[C@@H]1O. The average molecular weight is 447 g/mol. The van der Waals surface area contributed by atoms with Gasteiger partial charge in [0.15, 0.2) is 11.8 Å². The lowest BCUT2D eigenvalue weighted by molar-refractivity contribution is -0.00390. The van der Waals surface area contributed by atoms with E-state index in [1.165, 1.54) is 0 Å². The molecule has 2 aliphatic heterocycles. The monoisotopic (exact) mass is 446 g/mol. The molecule has 1 aromatic carbocycles. The Balaban J connectivity index is 1.37. The Kier molecular flexibility index (Phi) is 5.45. The van der Waals surface area contributed by atoms with Crippen LogP contribution in [0.25, 0.3) is 22.4 Å². The van der Waals surface area contributed by atoms with Crippen LogP contribution in [0.4, 0.5) is 5.69 Å². The van der Waals surface area contributed by atoms with E-state index in [-0.39, 0.29) is 25.3 Å². The summed E-state index contributed by atoms with van der Waals surface area (Å²) in [6.45, 7) is 1.35. The van der Waals surface area contributed by atoms with Gasteiger partial charge in [0, 0.05) is 24.3 Å². The van der Waals surface area contributed by atoms with E-state index in [0.29, 0.717) is 28.4 Å². The standard InChI is InChI=1S/C21H23ClN4O5/c22-14-7-15-20(25-21(23-15)31-17-10-30-16(9-27)19(17)29)24-18(14)11-1-3-12(4-2-11)26-6-5-13(28)8-26/h1-4,7,13,16-17,19,27-29H,5-6,8-10H2,(H,23,24,25)/t13-,16-,17-,19-/m1/s1. The highest BCUT2D eigenvalue weighted by Crippen LogP contribution is 2.32. The molecule has 0 bridgehead atoms. The van der Waals surface area contributed by atoms with Crippen LogP contribution in [0, 0.1) is 0 Å². The fraction of sp³-hybridized carbons (Fsp3) is 0.429. The van der Waals surface area contributed by atoms with E-state index in [1.807, 2.05) is 24.3 Å². The number of aliphatic hydroxyl groups excluding tert-OH is 3. The molecule has 0 radical (unpaired) electrons. The Morgan fingerprint density at radius 3 is 2.71 bits per heavy atom. The highest BCUT2D eigenvalue weighted by molar-refractivity contribution is 6.33. The minimum atomic E-state index is -0.944. The minimum absolute atomic E-state index is 0.156. The maximum absolute atomic E-state index is 10.1. The quantitative estimate of drug-likeness (QED) is 0.463. The molecule has 0 saturated carbocycles. The molecule has 0 spiro atoms. The highest BCUT2D eigenvalue weighted by atomic mass is 35.5. The van der Waals surface area contributed by atoms with Gasteiger partial charge in [-0.2, -0.15) is 4.98 Å². The van der Waals surface area contributed by atoms with E-state index < -0.39 is 18.3 Å². The number of anilines is 1. The van der Waals surface area contributed by atoms with E-state index in [1.54, 1.807) is 6.07 Å². The molecule has 10 heteroatoms. The molecular formula is C21H23ClN4O5. The van der Waals surface area contributed by atoms with Crippen LogP contribution in [0.2, 0.25) is 5.02 Å². The van der Waals surface area contributed by atoms with Crippen LogP contribution < -0.4 is 9.64 Å². The van der Waals surface area contributed by atoms with Crippen molar-refractivity contribution in [1.82, 2.24) is 15.0 Å². The predicted octanol–water partition coefficient (Wildman–Crippen LogP) is 1.35. The number of rotatable bonds is 5. The van der Waals surface area contributed by atoms with Gasteiger partial charge in [-0.05, 0) is 24.6 Å². The lowest BCUT2D eigenvalue weighted by atomic mass is 10.1. The van der Waals surface area contributed by atoms with E-state index in [9.17, 15) is 15.3 Å². The van der Waals surface area contributed by atoms with E-state index in [2.05, 4.69) is 19.9 Å². The summed E-state index contributed by atoms with van der Waals surface area (Å²) in [5.41, 5.74) is 3.55. The third-order valence-electron chi connectivity index (χ3n) is 5.75. The van der Waals surface area contributed by atoms with Gasteiger partial charge in [-0.15, -0.1) is 0 Å². The maximum Gasteiger partial charge on any atom is 0.296 e. The van der Waals surface area contributed by atoms with Crippen molar-refractivity contribution in [1.29, 1.82) is 0 Å². The number of β-amino-alcohol motifs (C(OH)–C–C–N with tert-alkyl or cyclic N) is 1. The molecule has 2 aromatic heterocycles. The number of imidazole rings is 1. The zero-order valence-electron chi connectivity index (χ0n) is 16.6. The summed E-state index contributed by atoms with van der Waals surface area (Å²) in [4.78, 5) is 14.1. The van der Waals surface area contributed by atoms with Gasteiger partial charge in [0.05, 0.1) is 35.6 Å². The van der Waals surface area contributed by atoms with Gasteiger partial charge in [-0.1, -0.05) is 23.7 Å². The number of hydrogen-bond donors (Lipinski definition) is 4. The zero-order valence-corrected chi connectivity index (χ0v) is 17.4. The number of ether oxygens (including phenoxy) is 2. The first-order chi connectivity index (χ1) is 15.0. The molecule has 164 valence electrons. The lowest BCUT2D eigenvalue weighted by Gasteiger charge is -2.18. The van der Waals surface area contributed by atoms with Crippen LogP contribution in [0.1, 0.15) is 6.42 Å². The summed E-state index contributed by atoms with van der Waals surface area (Å²) in [7, 11) is 0. The van der Waals surface area contributed by atoms with Gasteiger partial charge in [-0.25, -0.2) is 4.98 Å². The number of benzene rings is 1. The summed E-state index contributed by atoms with van der Waals surface area (Å²) in [6, 6.07) is 9.82. The van der Waals surface area contributed by atoms with Gasteiger partial charge >= 0.3 is 0 Å². The van der Waals surface area contributed by atoms with Crippen molar-refractivity contribution >= 4 is 28.5 Å². The van der Waals surface area contributed by atoms with Crippen molar-refractivity contribution in [2.45, 2.75) is 30.8 Å². The van der Waals surface area contributed by atoms with Gasteiger partial charge in [0.1, 0.15) is 12.2 Å². The fourth-order valence-corrected chi connectivity index (χ4v) is 4.28.